The number of benzene rings is 1. The summed E-state index contributed by atoms with van der Waals surface area (Å²) in [5.74, 6) is 0.922. The van der Waals surface area contributed by atoms with E-state index in [-0.39, 0.29) is 6.61 Å². The van der Waals surface area contributed by atoms with E-state index in [1.54, 1.807) is 6.20 Å². The van der Waals surface area contributed by atoms with Gasteiger partial charge in [0.25, 0.3) is 0 Å². The zero-order valence-corrected chi connectivity index (χ0v) is 10.8. The lowest BCUT2D eigenvalue weighted by Gasteiger charge is -2.21. The van der Waals surface area contributed by atoms with Gasteiger partial charge in [-0.15, -0.1) is 0 Å². The minimum Gasteiger partial charge on any atom is -0.392 e. The number of hydrogen-bond acceptors (Lipinski definition) is 3. The highest BCUT2D eigenvalue weighted by Gasteiger charge is 2.09. The first-order chi connectivity index (χ1) is 8.72. The van der Waals surface area contributed by atoms with Gasteiger partial charge in [-0.05, 0) is 29.7 Å². The molecular weight excluding hydrogens is 224 g/mol. The van der Waals surface area contributed by atoms with Crippen LogP contribution in [0.4, 0.5) is 5.82 Å². The van der Waals surface area contributed by atoms with Crippen LogP contribution in [0.25, 0.3) is 0 Å². The van der Waals surface area contributed by atoms with Crippen LogP contribution in [0.5, 0.6) is 0 Å². The van der Waals surface area contributed by atoms with Gasteiger partial charge in [0.15, 0.2) is 0 Å². The van der Waals surface area contributed by atoms with Crippen LogP contribution in [0.15, 0.2) is 42.6 Å². The van der Waals surface area contributed by atoms with E-state index < -0.39 is 0 Å². The van der Waals surface area contributed by atoms with Crippen molar-refractivity contribution >= 4 is 5.82 Å². The largest absolute Gasteiger partial charge is 0.392 e. The summed E-state index contributed by atoms with van der Waals surface area (Å²) in [7, 11) is 2.02. The second-order valence-corrected chi connectivity index (χ2v) is 4.42. The monoisotopic (exact) mass is 242 g/mol. The molecule has 0 radical (unpaired) electrons. The fourth-order valence-corrected chi connectivity index (χ4v) is 2.05. The van der Waals surface area contributed by atoms with Gasteiger partial charge in [0.1, 0.15) is 5.82 Å². The molecule has 0 saturated carbocycles. The molecule has 0 unspecified atom stereocenters. The van der Waals surface area contributed by atoms with E-state index in [9.17, 15) is 5.11 Å². The van der Waals surface area contributed by atoms with Crippen LogP contribution in [0.2, 0.25) is 0 Å². The summed E-state index contributed by atoms with van der Waals surface area (Å²) < 4.78 is 0. The highest BCUT2D eigenvalue weighted by atomic mass is 16.3. The smallest absolute Gasteiger partial charge is 0.131 e. The van der Waals surface area contributed by atoms with Crippen LogP contribution in [-0.2, 0) is 13.2 Å². The Hall–Kier alpha value is -1.87. The molecule has 0 fully saturated rings. The maximum atomic E-state index is 9.27. The lowest BCUT2D eigenvalue weighted by atomic mass is 10.1. The number of aliphatic hydroxyl groups is 1. The van der Waals surface area contributed by atoms with Gasteiger partial charge in [-0.2, -0.15) is 0 Å². The molecule has 3 nitrogen and oxygen atoms in total. The van der Waals surface area contributed by atoms with Crippen LogP contribution < -0.4 is 4.90 Å². The first-order valence-corrected chi connectivity index (χ1v) is 6.02. The summed E-state index contributed by atoms with van der Waals surface area (Å²) in [6.45, 7) is 2.86. The fourth-order valence-electron chi connectivity index (χ4n) is 2.05. The van der Waals surface area contributed by atoms with Gasteiger partial charge in [0.2, 0.25) is 0 Å². The number of hydrogen-bond donors (Lipinski definition) is 1. The van der Waals surface area contributed by atoms with E-state index in [1.807, 2.05) is 38.2 Å². The van der Waals surface area contributed by atoms with Gasteiger partial charge in [-0.1, -0.05) is 30.3 Å². The third-order valence-corrected chi connectivity index (χ3v) is 3.08. The maximum absolute atomic E-state index is 9.27. The fraction of sp³-hybridized carbons (Fsp3) is 0.267. The van der Waals surface area contributed by atoms with Crippen molar-refractivity contribution in [2.45, 2.75) is 20.1 Å². The zero-order chi connectivity index (χ0) is 13.0. The molecule has 0 atom stereocenters. The van der Waals surface area contributed by atoms with Crippen LogP contribution in [0.1, 0.15) is 16.7 Å². The Morgan fingerprint density at radius 2 is 1.89 bits per heavy atom. The molecule has 2 rings (SSSR count). The lowest BCUT2D eigenvalue weighted by Crippen LogP contribution is -2.19. The van der Waals surface area contributed by atoms with E-state index in [1.165, 1.54) is 5.56 Å². The summed E-state index contributed by atoms with van der Waals surface area (Å²) in [5.41, 5.74) is 3.22. The van der Waals surface area contributed by atoms with E-state index in [0.717, 1.165) is 23.5 Å². The highest BCUT2D eigenvalue weighted by molar-refractivity contribution is 5.49. The molecule has 0 saturated heterocycles. The lowest BCUT2D eigenvalue weighted by molar-refractivity contribution is 0.281. The average molecular weight is 242 g/mol. The molecule has 0 aliphatic carbocycles. The number of nitrogens with zero attached hydrogens (tertiary/aromatic N) is 2. The molecular formula is C15H18N2O. The molecule has 1 aromatic heterocycles. The van der Waals surface area contributed by atoms with Gasteiger partial charge in [0, 0.05) is 19.8 Å². The average Bonchev–Trinajstić information content (AvgIpc) is 2.40. The van der Waals surface area contributed by atoms with E-state index in [0.29, 0.717) is 0 Å². The summed E-state index contributed by atoms with van der Waals surface area (Å²) in [5, 5.41) is 9.27. The molecule has 0 amide bonds. The normalized spacial score (nSPS) is 10.4. The van der Waals surface area contributed by atoms with Crippen molar-refractivity contribution < 1.29 is 5.11 Å². The van der Waals surface area contributed by atoms with Crippen molar-refractivity contribution in [1.29, 1.82) is 0 Å². The molecule has 3 heteroatoms. The number of aliphatic hydroxyl groups excluding tert-OH is 1. The van der Waals surface area contributed by atoms with Gasteiger partial charge in [-0.25, -0.2) is 4.98 Å². The van der Waals surface area contributed by atoms with Gasteiger partial charge >= 0.3 is 0 Å². The zero-order valence-electron chi connectivity index (χ0n) is 10.8. The summed E-state index contributed by atoms with van der Waals surface area (Å²) in [4.78, 5) is 6.50. The van der Waals surface area contributed by atoms with Crippen molar-refractivity contribution in [3.63, 3.8) is 0 Å². The van der Waals surface area contributed by atoms with Crippen LogP contribution in [0, 0.1) is 6.92 Å². The van der Waals surface area contributed by atoms with Crippen molar-refractivity contribution in [2.75, 3.05) is 11.9 Å². The third-order valence-electron chi connectivity index (χ3n) is 3.08. The number of aromatic nitrogens is 1. The first kappa shape index (κ1) is 12.6. The molecule has 0 aliphatic heterocycles. The van der Waals surface area contributed by atoms with Crippen LogP contribution in [-0.4, -0.2) is 17.1 Å². The Morgan fingerprint density at radius 3 is 2.56 bits per heavy atom. The molecule has 0 spiro atoms. The van der Waals surface area contributed by atoms with Crippen molar-refractivity contribution in [3.05, 3.63) is 59.3 Å². The van der Waals surface area contributed by atoms with Crippen LogP contribution in [0.3, 0.4) is 0 Å². The number of anilines is 1. The van der Waals surface area contributed by atoms with Gasteiger partial charge in [0.05, 0.1) is 6.61 Å². The summed E-state index contributed by atoms with van der Waals surface area (Å²) in [6.07, 6.45) is 1.75. The minimum atomic E-state index is 0.0561. The Balaban J connectivity index is 2.21. The molecule has 0 aliphatic rings. The first-order valence-electron chi connectivity index (χ1n) is 6.02. The Kier molecular flexibility index (Phi) is 3.95. The van der Waals surface area contributed by atoms with Gasteiger partial charge in [-0.3, -0.25) is 0 Å². The molecule has 2 aromatic rings. The second kappa shape index (κ2) is 5.65. The van der Waals surface area contributed by atoms with Crippen molar-refractivity contribution in [1.82, 2.24) is 4.98 Å². The van der Waals surface area contributed by atoms with Crippen LogP contribution >= 0.6 is 0 Å². The Labute approximate surface area is 108 Å². The SMILES string of the molecule is Cc1c(CO)ccnc1N(C)Cc1ccccc1. The maximum Gasteiger partial charge on any atom is 0.131 e. The van der Waals surface area contributed by atoms with E-state index in [4.69, 9.17) is 0 Å². The Bertz CT molecular complexity index is 511. The third kappa shape index (κ3) is 2.68. The summed E-state index contributed by atoms with van der Waals surface area (Å²) >= 11 is 0. The second-order valence-electron chi connectivity index (χ2n) is 4.42. The Morgan fingerprint density at radius 1 is 1.17 bits per heavy atom. The predicted molar refractivity (Wildman–Crippen MR) is 73.4 cm³/mol. The van der Waals surface area contributed by atoms with Gasteiger partial charge < -0.3 is 10.0 Å². The highest BCUT2D eigenvalue weighted by Crippen LogP contribution is 2.20. The van der Waals surface area contributed by atoms with E-state index in [2.05, 4.69) is 22.0 Å². The molecule has 1 N–H and O–H groups in total. The number of rotatable bonds is 4. The molecule has 0 bridgehead atoms. The topological polar surface area (TPSA) is 36.4 Å². The van der Waals surface area contributed by atoms with E-state index >= 15 is 0 Å². The predicted octanol–water partition coefficient (Wildman–Crippen LogP) is 2.52. The number of pyridine rings is 1. The van der Waals surface area contributed by atoms with Crippen molar-refractivity contribution in [3.8, 4) is 0 Å². The minimum absolute atomic E-state index is 0.0561. The summed E-state index contributed by atoms with van der Waals surface area (Å²) in [6, 6.07) is 12.1. The quantitative estimate of drug-likeness (QED) is 0.895. The van der Waals surface area contributed by atoms with Crippen molar-refractivity contribution in [2.24, 2.45) is 0 Å². The molecule has 18 heavy (non-hydrogen) atoms. The molecule has 94 valence electrons. The standard InChI is InChI=1S/C15H18N2O/c1-12-14(11-18)8-9-16-15(12)17(2)10-13-6-4-3-5-7-13/h3-9,18H,10-11H2,1-2H3. The molecule has 1 aromatic carbocycles. The molecule has 1 heterocycles.